The van der Waals surface area contributed by atoms with Crippen molar-refractivity contribution >= 4 is 11.6 Å². The highest BCUT2D eigenvalue weighted by molar-refractivity contribution is 6.22. The third-order valence-corrected chi connectivity index (χ3v) is 1.72. The molecule has 0 bridgehead atoms. The highest BCUT2D eigenvalue weighted by atomic mass is 35.5. The lowest BCUT2D eigenvalue weighted by Gasteiger charge is -2.03. The van der Waals surface area contributed by atoms with Crippen molar-refractivity contribution in [1.82, 2.24) is 9.78 Å². The van der Waals surface area contributed by atoms with Crippen LogP contribution in [0.5, 0.6) is 0 Å². The van der Waals surface area contributed by atoms with E-state index in [0.717, 1.165) is 5.56 Å². The molecule has 4 nitrogen and oxygen atoms in total. The Morgan fingerprint density at radius 1 is 1.85 bits per heavy atom. The fraction of sp³-hybridized carbons (Fsp3) is 0.375. The first kappa shape index (κ1) is 9.75. The molecule has 0 saturated carbocycles. The first-order valence-electron chi connectivity index (χ1n) is 3.71. The standard InChI is InChI=1S/C8H8ClN3O/c1-6-2-8(13)12(11-4-6)5-7(9)3-10/h2,4,7H,5H2,1H3. The van der Waals surface area contributed by atoms with E-state index in [2.05, 4.69) is 5.10 Å². The fourth-order valence-electron chi connectivity index (χ4n) is 0.854. The number of rotatable bonds is 2. The van der Waals surface area contributed by atoms with Crippen molar-refractivity contribution in [2.45, 2.75) is 18.8 Å². The normalized spacial score (nSPS) is 12.1. The number of aryl methyl sites for hydroxylation is 1. The summed E-state index contributed by atoms with van der Waals surface area (Å²) in [6, 6.07) is 3.27. The molecule has 0 aliphatic carbocycles. The smallest absolute Gasteiger partial charge is 0.267 e. The van der Waals surface area contributed by atoms with E-state index < -0.39 is 5.38 Å². The summed E-state index contributed by atoms with van der Waals surface area (Å²) in [5.41, 5.74) is 0.560. The Kier molecular flexibility index (Phi) is 3.04. The predicted octanol–water partition coefficient (Wildman–Crippen LogP) is 0.683. The summed E-state index contributed by atoms with van der Waals surface area (Å²) in [5, 5.41) is 11.5. The first-order valence-corrected chi connectivity index (χ1v) is 4.14. The first-order chi connectivity index (χ1) is 6.13. The maximum atomic E-state index is 11.2. The zero-order chi connectivity index (χ0) is 9.84. The van der Waals surface area contributed by atoms with Crippen LogP contribution in [-0.4, -0.2) is 15.2 Å². The van der Waals surface area contributed by atoms with Crippen LogP contribution in [0.3, 0.4) is 0 Å². The van der Waals surface area contributed by atoms with Gasteiger partial charge in [-0.2, -0.15) is 10.4 Å². The minimum Gasteiger partial charge on any atom is -0.268 e. The molecule has 1 unspecified atom stereocenters. The SMILES string of the molecule is Cc1cnn(CC(Cl)C#N)c(=O)c1. The van der Waals surface area contributed by atoms with Crippen LogP contribution in [0.2, 0.25) is 0 Å². The lowest BCUT2D eigenvalue weighted by molar-refractivity contribution is 0.590. The molecular weight excluding hydrogens is 190 g/mol. The van der Waals surface area contributed by atoms with Gasteiger partial charge in [0.25, 0.3) is 5.56 Å². The molecule has 1 atom stereocenters. The molecule has 0 spiro atoms. The third-order valence-electron chi connectivity index (χ3n) is 1.48. The summed E-state index contributed by atoms with van der Waals surface area (Å²) >= 11 is 5.55. The van der Waals surface area contributed by atoms with Gasteiger partial charge in [0.05, 0.1) is 18.8 Å². The van der Waals surface area contributed by atoms with Gasteiger partial charge in [-0.3, -0.25) is 4.79 Å². The lowest BCUT2D eigenvalue weighted by Crippen LogP contribution is -2.25. The summed E-state index contributed by atoms with van der Waals surface area (Å²) in [5.74, 6) is 0. The van der Waals surface area contributed by atoms with Crippen LogP contribution in [0.4, 0.5) is 0 Å². The summed E-state index contributed by atoms with van der Waals surface area (Å²) in [4.78, 5) is 11.2. The molecule has 0 saturated heterocycles. The molecule has 13 heavy (non-hydrogen) atoms. The molecule has 0 aromatic carbocycles. The van der Waals surface area contributed by atoms with Gasteiger partial charge in [-0.05, 0) is 12.5 Å². The van der Waals surface area contributed by atoms with Gasteiger partial charge >= 0.3 is 0 Å². The van der Waals surface area contributed by atoms with Gasteiger partial charge < -0.3 is 0 Å². The summed E-state index contributed by atoms with van der Waals surface area (Å²) in [6.07, 6.45) is 1.56. The van der Waals surface area contributed by atoms with E-state index in [-0.39, 0.29) is 12.1 Å². The quantitative estimate of drug-likeness (QED) is 0.656. The van der Waals surface area contributed by atoms with Gasteiger partial charge in [0.15, 0.2) is 0 Å². The summed E-state index contributed by atoms with van der Waals surface area (Å²) in [6.45, 7) is 1.90. The zero-order valence-corrected chi connectivity index (χ0v) is 7.82. The molecule has 5 heteroatoms. The van der Waals surface area contributed by atoms with Crippen molar-refractivity contribution in [2.24, 2.45) is 0 Å². The van der Waals surface area contributed by atoms with E-state index in [1.54, 1.807) is 13.1 Å². The lowest BCUT2D eigenvalue weighted by atomic mass is 10.3. The molecule has 0 amide bonds. The van der Waals surface area contributed by atoms with Crippen LogP contribution in [0, 0.1) is 18.3 Å². The topological polar surface area (TPSA) is 58.7 Å². The zero-order valence-electron chi connectivity index (χ0n) is 7.07. The van der Waals surface area contributed by atoms with Crippen LogP contribution in [0.1, 0.15) is 5.56 Å². The Hall–Kier alpha value is -1.34. The predicted molar refractivity (Wildman–Crippen MR) is 48.5 cm³/mol. The molecule has 0 radical (unpaired) electrons. The van der Waals surface area contributed by atoms with E-state index in [9.17, 15) is 4.79 Å². The van der Waals surface area contributed by atoms with E-state index in [0.29, 0.717) is 0 Å². The van der Waals surface area contributed by atoms with Crippen molar-refractivity contribution in [3.05, 3.63) is 28.2 Å². The number of hydrogen-bond donors (Lipinski definition) is 0. The number of halogens is 1. The maximum absolute atomic E-state index is 11.2. The molecule has 1 aromatic heterocycles. The Labute approximate surface area is 80.4 Å². The molecule has 1 aromatic rings. The van der Waals surface area contributed by atoms with Crippen molar-refractivity contribution < 1.29 is 0 Å². The number of nitriles is 1. The van der Waals surface area contributed by atoms with E-state index in [4.69, 9.17) is 16.9 Å². The monoisotopic (exact) mass is 197 g/mol. The summed E-state index contributed by atoms with van der Waals surface area (Å²) < 4.78 is 1.17. The molecular formula is C8H8ClN3O. The largest absolute Gasteiger partial charge is 0.268 e. The second kappa shape index (κ2) is 4.06. The molecule has 0 aliphatic heterocycles. The van der Waals surface area contributed by atoms with Crippen LogP contribution >= 0.6 is 11.6 Å². The number of hydrogen-bond acceptors (Lipinski definition) is 3. The van der Waals surface area contributed by atoms with Crippen molar-refractivity contribution in [3.63, 3.8) is 0 Å². The molecule has 0 fully saturated rings. The van der Waals surface area contributed by atoms with E-state index in [1.165, 1.54) is 10.7 Å². The second-order valence-electron chi connectivity index (χ2n) is 2.65. The Morgan fingerprint density at radius 3 is 3.08 bits per heavy atom. The number of nitrogens with zero attached hydrogens (tertiary/aromatic N) is 3. The number of aromatic nitrogens is 2. The Balaban J connectivity index is 2.92. The minimum atomic E-state index is -0.715. The van der Waals surface area contributed by atoms with Gasteiger partial charge in [0.2, 0.25) is 0 Å². The molecule has 0 N–H and O–H groups in total. The van der Waals surface area contributed by atoms with Crippen molar-refractivity contribution in [3.8, 4) is 6.07 Å². The highest BCUT2D eigenvalue weighted by Crippen LogP contribution is 1.95. The molecule has 1 rings (SSSR count). The van der Waals surface area contributed by atoms with E-state index in [1.807, 2.05) is 6.07 Å². The second-order valence-corrected chi connectivity index (χ2v) is 3.18. The highest BCUT2D eigenvalue weighted by Gasteiger charge is 2.05. The van der Waals surface area contributed by atoms with Gasteiger partial charge in [-0.1, -0.05) is 0 Å². The van der Waals surface area contributed by atoms with Crippen LogP contribution in [-0.2, 0) is 6.54 Å². The Bertz CT molecular complexity index is 393. The average Bonchev–Trinajstić information content (AvgIpc) is 2.09. The Morgan fingerprint density at radius 2 is 2.54 bits per heavy atom. The fourth-order valence-corrected chi connectivity index (χ4v) is 0.985. The van der Waals surface area contributed by atoms with E-state index >= 15 is 0 Å². The minimum absolute atomic E-state index is 0.122. The summed E-state index contributed by atoms with van der Waals surface area (Å²) in [7, 11) is 0. The molecule has 0 aliphatic rings. The van der Waals surface area contributed by atoms with Crippen molar-refractivity contribution in [2.75, 3.05) is 0 Å². The van der Waals surface area contributed by atoms with Crippen molar-refractivity contribution in [1.29, 1.82) is 5.26 Å². The number of alkyl halides is 1. The molecule has 68 valence electrons. The van der Waals surface area contributed by atoms with Crippen LogP contribution in [0.25, 0.3) is 0 Å². The molecule has 1 heterocycles. The third kappa shape index (κ3) is 2.56. The van der Waals surface area contributed by atoms with Gasteiger partial charge in [-0.15, -0.1) is 11.6 Å². The van der Waals surface area contributed by atoms with Crippen LogP contribution < -0.4 is 5.56 Å². The van der Waals surface area contributed by atoms with Gasteiger partial charge in [0.1, 0.15) is 5.38 Å². The van der Waals surface area contributed by atoms with Gasteiger partial charge in [-0.25, -0.2) is 4.68 Å². The van der Waals surface area contributed by atoms with Crippen LogP contribution in [0.15, 0.2) is 17.1 Å². The van der Waals surface area contributed by atoms with Gasteiger partial charge in [0, 0.05) is 6.07 Å². The maximum Gasteiger partial charge on any atom is 0.267 e. The average molecular weight is 198 g/mol.